The molecule has 32 heavy (non-hydrogen) atoms. The molecule has 1 saturated heterocycles. The number of likely N-dealkylation sites (tertiary alicyclic amines) is 1. The molecule has 0 aromatic heterocycles. The van der Waals surface area contributed by atoms with Crippen LogP contribution in [0.4, 0.5) is 0 Å². The Morgan fingerprint density at radius 1 is 0.875 bits per heavy atom. The summed E-state index contributed by atoms with van der Waals surface area (Å²) in [4.78, 5) is 26.7. The van der Waals surface area contributed by atoms with Gasteiger partial charge in [-0.1, -0.05) is 83.1 Å². The lowest BCUT2D eigenvalue weighted by Gasteiger charge is -2.37. The fraction of sp³-hybridized carbons (Fsp3) is 0.704. The van der Waals surface area contributed by atoms with Crippen molar-refractivity contribution in [2.45, 2.75) is 97.4 Å². The van der Waals surface area contributed by atoms with E-state index in [0.29, 0.717) is 32.5 Å². The van der Waals surface area contributed by atoms with Crippen molar-refractivity contribution in [1.82, 2.24) is 10.2 Å². The fourth-order valence-corrected chi connectivity index (χ4v) is 4.57. The van der Waals surface area contributed by atoms with Crippen LogP contribution in [0.25, 0.3) is 0 Å². The standard InChI is InChI=1S/C27H44N2O3/c1-3-5-6-7-8-9-10-11-12-23-13-15-24(16-14-23)22-29-20-17-27(18-21-29,26(31)32)25(30)28-19-4-2/h13-16H,3-12,17-22H2,1-2H3,(H,28,30)(H,31,32). The minimum atomic E-state index is -1.27. The van der Waals surface area contributed by atoms with Crippen molar-refractivity contribution in [2.24, 2.45) is 5.41 Å². The van der Waals surface area contributed by atoms with Crippen molar-refractivity contribution in [3.8, 4) is 0 Å². The highest BCUT2D eigenvalue weighted by molar-refractivity contribution is 6.02. The minimum absolute atomic E-state index is 0.322. The minimum Gasteiger partial charge on any atom is -0.480 e. The summed E-state index contributed by atoms with van der Waals surface area (Å²) in [6, 6.07) is 8.88. The van der Waals surface area contributed by atoms with Crippen LogP contribution in [0, 0.1) is 5.41 Å². The number of piperidine rings is 1. The molecule has 0 atom stereocenters. The van der Waals surface area contributed by atoms with Crippen molar-refractivity contribution < 1.29 is 14.7 Å². The molecular weight excluding hydrogens is 400 g/mol. The first-order chi connectivity index (χ1) is 15.5. The second-order valence-corrected chi connectivity index (χ2v) is 9.46. The van der Waals surface area contributed by atoms with Crippen LogP contribution in [0.2, 0.25) is 0 Å². The summed E-state index contributed by atoms with van der Waals surface area (Å²) in [7, 11) is 0. The predicted molar refractivity (Wildman–Crippen MR) is 131 cm³/mol. The van der Waals surface area contributed by atoms with Gasteiger partial charge in [0.1, 0.15) is 5.41 Å². The molecule has 2 rings (SSSR count). The second kappa shape index (κ2) is 14.3. The number of benzene rings is 1. The van der Waals surface area contributed by atoms with E-state index in [1.807, 2.05) is 6.92 Å². The molecule has 0 unspecified atom stereocenters. The molecule has 1 aliphatic rings. The fourth-order valence-electron chi connectivity index (χ4n) is 4.57. The summed E-state index contributed by atoms with van der Waals surface area (Å²) in [6.45, 7) is 6.83. The third-order valence-corrected chi connectivity index (χ3v) is 6.84. The van der Waals surface area contributed by atoms with E-state index in [1.165, 1.54) is 62.5 Å². The highest BCUT2D eigenvalue weighted by Gasteiger charge is 2.47. The van der Waals surface area contributed by atoms with Crippen LogP contribution in [0.5, 0.6) is 0 Å². The topological polar surface area (TPSA) is 69.6 Å². The molecule has 5 heteroatoms. The molecular formula is C27H44N2O3. The van der Waals surface area contributed by atoms with Crippen LogP contribution in [-0.4, -0.2) is 41.5 Å². The summed E-state index contributed by atoms with van der Waals surface area (Å²) < 4.78 is 0. The monoisotopic (exact) mass is 444 g/mol. The number of unbranched alkanes of at least 4 members (excludes halogenated alkanes) is 7. The molecule has 180 valence electrons. The first-order valence-electron chi connectivity index (χ1n) is 12.8. The number of aryl methyl sites for hydroxylation is 1. The van der Waals surface area contributed by atoms with Crippen molar-refractivity contribution in [1.29, 1.82) is 0 Å². The molecule has 1 aromatic rings. The van der Waals surface area contributed by atoms with Crippen molar-refractivity contribution in [3.63, 3.8) is 0 Å². The van der Waals surface area contributed by atoms with Crippen LogP contribution < -0.4 is 5.32 Å². The number of nitrogens with one attached hydrogen (secondary N) is 1. The SMILES string of the molecule is CCCCCCCCCCc1ccc(CN2CCC(C(=O)O)(C(=O)NCCC)CC2)cc1. The van der Waals surface area contributed by atoms with Crippen molar-refractivity contribution >= 4 is 11.9 Å². The number of carboxylic acid groups (broad SMARTS) is 1. The average molecular weight is 445 g/mol. The molecule has 1 heterocycles. The van der Waals surface area contributed by atoms with Gasteiger partial charge in [-0.25, -0.2) is 0 Å². The summed E-state index contributed by atoms with van der Waals surface area (Å²) in [5.74, 6) is -1.31. The zero-order valence-corrected chi connectivity index (χ0v) is 20.3. The van der Waals surface area contributed by atoms with Gasteiger partial charge in [0.15, 0.2) is 0 Å². The summed E-state index contributed by atoms with van der Waals surface area (Å²) >= 11 is 0. The van der Waals surface area contributed by atoms with Gasteiger partial charge in [-0.3, -0.25) is 14.5 Å². The van der Waals surface area contributed by atoms with Crippen LogP contribution in [0.1, 0.15) is 95.6 Å². The molecule has 0 saturated carbocycles. The maximum Gasteiger partial charge on any atom is 0.319 e. The van der Waals surface area contributed by atoms with E-state index in [0.717, 1.165) is 19.4 Å². The molecule has 1 aliphatic heterocycles. The van der Waals surface area contributed by atoms with Crippen molar-refractivity contribution in [3.05, 3.63) is 35.4 Å². The maximum absolute atomic E-state index is 12.5. The number of amides is 1. The van der Waals surface area contributed by atoms with Gasteiger partial charge < -0.3 is 10.4 Å². The van der Waals surface area contributed by atoms with Gasteiger partial charge in [0.2, 0.25) is 5.91 Å². The van der Waals surface area contributed by atoms with Crippen LogP contribution in [0.3, 0.4) is 0 Å². The number of carbonyl (C=O) groups is 2. The lowest BCUT2D eigenvalue weighted by molar-refractivity contribution is -0.159. The van der Waals surface area contributed by atoms with E-state index < -0.39 is 11.4 Å². The van der Waals surface area contributed by atoms with Gasteiger partial charge in [0, 0.05) is 26.2 Å². The molecule has 1 aromatic carbocycles. The van der Waals surface area contributed by atoms with Gasteiger partial charge in [0.25, 0.3) is 0 Å². The van der Waals surface area contributed by atoms with Gasteiger partial charge in [-0.2, -0.15) is 0 Å². The Kier molecular flexibility index (Phi) is 11.8. The quantitative estimate of drug-likeness (QED) is 0.274. The summed E-state index contributed by atoms with van der Waals surface area (Å²) in [6.07, 6.45) is 13.5. The lowest BCUT2D eigenvalue weighted by atomic mass is 9.77. The number of hydrogen-bond acceptors (Lipinski definition) is 3. The largest absolute Gasteiger partial charge is 0.480 e. The van der Waals surface area contributed by atoms with Crippen LogP contribution in [0.15, 0.2) is 24.3 Å². The van der Waals surface area contributed by atoms with E-state index in [1.54, 1.807) is 0 Å². The number of carbonyl (C=O) groups excluding carboxylic acids is 1. The smallest absolute Gasteiger partial charge is 0.319 e. The normalized spacial score (nSPS) is 16.1. The highest BCUT2D eigenvalue weighted by atomic mass is 16.4. The molecule has 0 bridgehead atoms. The Balaban J connectivity index is 1.72. The first kappa shape index (κ1) is 26.4. The Labute approximate surface area is 195 Å². The number of aliphatic carboxylic acids is 1. The van der Waals surface area contributed by atoms with Gasteiger partial charge in [-0.05, 0) is 43.2 Å². The predicted octanol–water partition coefficient (Wildman–Crippen LogP) is 5.56. The van der Waals surface area contributed by atoms with E-state index in [9.17, 15) is 14.7 Å². The molecule has 2 N–H and O–H groups in total. The van der Waals surface area contributed by atoms with E-state index in [4.69, 9.17) is 0 Å². The number of hydrogen-bond donors (Lipinski definition) is 2. The zero-order valence-electron chi connectivity index (χ0n) is 20.3. The summed E-state index contributed by atoms with van der Waals surface area (Å²) in [5.41, 5.74) is 1.38. The molecule has 0 aliphatic carbocycles. The number of carboxylic acids is 1. The van der Waals surface area contributed by atoms with E-state index in [2.05, 4.69) is 41.4 Å². The first-order valence-corrected chi connectivity index (χ1v) is 12.8. The van der Waals surface area contributed by atoms with Gasteiger partial charge >= 0.3 is 5.97 Å². The third kappa shape index (κ3) is 8.23. The number of nitrogens with zero attached hydrogens (tertiary/aromatic N) is 1. The molecule has 0 radical (unpaired) electrons. The van der Waals surface area contributed by atoms with Crippen LogP contribution >= 0.6 is 0 Å². The van der Waals surface area contributed by atoms with Gasteiger partial charge in [-0.15, -0.1) is 0 Å². The van der Waals surface area contributed by atoms with Crippen molar-refractivity contribution in [2.75, 3.05) is 19.6 Å². The second-order valence-electron chi connectivity index (χ2n) is 9.46. The average Bonchev–Trinajstić information content (AvgIpc) is 2.80. The lowest BCUT2D eigenvalue weighted by Crippen LogP contribution is -2.53. The Morgan fingerprint density at radius 2 is 1.44 bits per heavy atom. The third-order valence-electron chi connectivity index (χ3n) is 6.84. The van der Waals surface area contributed by atoms with Gasteiger partial charge in [0.05, 0.1) is 0 Å². The Bertz CT molecular complexity index is 679. The highest BCUT2D eigenvalue weighted by Crippen LogP contribution is 2.33. The Hall–Kier alpha value is -1.88. The van der Waals surface area contributed by atoms with E-state index in [-0.39, 0.29) is 5.91 Å². The molecule has 0 spiro atoms. The zero-order chi connectivity index (χ0) is 23.2. The number of rotatable bonds is 15. The molecule has 1 fully saturated rings. The van der Waals surface area contributed by atoms with Crippen LogP contribution in [-0.2, 0) is 22.6 Å². The molecule has 5 nitrogen and oxygen atoms in total. The van der Waals surface area contributed by atoms with E-state index >= 15 is 0 Å². The summed E-state index contributed by atoms with van der Waals surface area (Å²) in [5, 5.41) is 12.5. The Morgan fingerprint density at radius 3 is 2.00 bits per heavy atom. The molecule has 1 amide bonds. The maximum atomic E-state index is 12.5.